The van der Waals surface area contributed by atoms with Gasteiger partial charge in [-0.25, -0.2) is 4.79 Å². The standard InChI is InChI=1S/C18H23N5O3/c24-16-12-23(15-5-6-19-10-14(15)20-16)17(25)13-4-3-9-22(11-13)18(26)21-7-1-2-8-21/h5-6,10,13H,1-4,7-9,11-12H2,(H,20,24). The van der Waals surface area contributed by atoms with Gasteiger partial charge in [0.2, 0.25) is 11.8 Å². The van der Waals surface area contributed by atoms with Crippen molar-refractivity contribution in [1.82, 2.24) is 14.8 Å². The lowest BCUT2D eigenvalue weighted by atomic mass is 9.96. The molecular formula is C18H23N5O3. The average Bonchev–Trinajstić information content (AvgIpc) is 3.21. The summed E-state index contributed by atoms with van der Waals surface area (Å²) >= 11 is 0. The van der Waals surface area contributed by atoms with Crippen molar-refractivity contribution in [2.45, 2.75) is 25.7 Å². The Hall–Kier alpha value is -2.64. The van der Waals surface area contributed by atoms with Crippen LogP contribution in [-0.2, 0) is 9.59 Å². The van der Waals surface area contributed by atoms with Gasteiger partial charge in [0.25, 0.3) is 0 Å². The molecule has 1 aromatic heterocycles. The van der Waals surface area contributed by atoms with Crippen LogP contribution in [0.4, 0.5) is 16.2 Å². The monoisotopic (exact) mass is 357 g/mol. The van der Waals surface area contributed by atoms with Crippen LogP contribution in [0.25, 0.3) is 0 Å². The fraction of sp³-hybridized carbons (Fsp3) is 0.556. The zero-order valence-electron chi connectivity index (χ0n) is 14.7. The van der Waals surface area contributed by atoms with Crippen LogP contribution in [0.5, 0.6) is 0 Å². The van der Waals surface area contributed by atoms with Crippen LogP contribution < -0.4 is 10.2 Å². The summed E-state index contributed by atoms with van der Waals surface area (Å²) in [4.78, 5) is 47.0. The van der Waals surface area contributed by atoms with E-state index in [1.54, 1.807) is 23.4 Å². The highest BCUT2D eigenvalue weighted by molar-refractivity contribution is 6.10. The summed E-state index contributed by atoms with van der Waals surface area (Å²) in [5.74, 6) is -0.590. The minimum atomic E-state index is -0.276. The van der Waals surface area contributed by atoms with Gasteiger partial charge in [-0.1, -0.05) is 0 Å². The van der Waals surface area contributed by atoms with Gasteiger partial charge in [0.1, 0.15) is 6.54 Å². The maximum Gasteiger partial charge on any atom is 0.320 e. The highest BCUT2D eigenvalue weighted by atomic mass is 16.2. The fourth-order valence-corrected chi connectivity index (χ4v) is 4.02. The van der Waals surface area contributed by atoms with Gasteiger partial charge >= 0.3 is 6.03 Å². The van der Waals surface area contributed by atoms with Crippen LogP contribution in [-0.4, -0.2) is 65.4 Å². The van der Waals surface area contributed by atoms with Crippen molar-refractivity contribution in [3.8, 4) is 0 Å². The topological polar surface area (TPSA) is 85.9 Å². The molecule has 1 atom stereocenters. The number of carbonyl (C=O) groups excluding carboxylic acids is 3. The molecule has 0 saturated carbocycles. The molecule has 1 N–H and O–H groups in total. The molecule has 4 heterocycles. The molecule has 0 aliphatic carbocycles. The third-order valence-corrected chi connectivity index (χ3v) is 5.35. The summed E-state index contributed by atoms with van der Waals surface area (Å²) in [5, 5.41) is 2.75. The molecule has 0 radical (unpaired) electrons. The zero-order valence-corrected chi connectivity index (χ0v) is 14.7. The normalized spacial score (nSPS) is 22.8. The second-order valence-corrected chi connectivity index (χ2v) is 7.13. The number of fused-ring (bicyclic) bond motifs is 1. The molecule has 138 valence electrons. The number of piperidine rings is 1. The van der Waals surface area contributed by atoms with Crippen molar-refractivity contribution in [3.05, 3.63) is 18.5 Å². The van der Waals surface area contributed by atoms with Gasteiger partial charge in [0.05, 0.1) is 23.5 Å². The second kappa shape index (κ2) is 6.93. The lowest BCUT2D eigenvalue weighted by Gasteiger charge is -2.37. The van der Waals surface area contributed by atoms with E-state index in [2.05, 4.69) is 10.3 Å². The molecule has 1 unspecified atom stereocenters. The minimum absolute atomic E-state index is 0.00637. The van der Waals surface area contributed by atoms with E-state index in [-0.39, 0.29) is 30.3 Å². The summed E-state index contributed by atoms with van der Waals surface area (Å²) in [7, 11) is 0. The number of carbonyl (C=O) groups is 3. The molecule has 0 aromatic carbocycles. The van der Waals surface area contributed by atoms with Gasteiger partial charge in [-0.3, -0.25) is 14.6 Å². The van der Waals surface area contributed by atoms with E-state index in [0.717, 1.165) is 38.8 Å². The molecule has 2 fully saturated rings. The summed E-state index contributed by atoms with van der Waals surface area (Å²) in [6, 6.07) is 1.78. The number of hydrogen-bond acceptors (Lipinski definition) is 4. The third kappa shape index (κ3) is 3.11. The molecule has 0 bridgehead atoms. The van der Waals surface area contributed by atoms with Gasteiger partial charge < -0.3 is 20.0 Å². The molecule has 26 heavy (non-hydrogen) atoms. The molecule has 1 aromatic rings. The van der Waals surface area contributed by atoms with Crippen molar-refractivity contribution in [2.24, 2.45) is 5.92 Å². The largest absolute Gasteiger partial charge is 0.325 e. The highest BCUT2D eigenvalue weighted by Gasteiger charge is 2.36. The number of amides is 4. The van der Waals surface area contributed by atoms with Crippen molar-refractivity contribution < 1.29 is 14.4 Å². The predicted molar refractivity (Wildman–Crippen MR) is 95.7 cm³/mol. The summed E-state index contributed by atoms with van der Waals surface area (Å²) < 4.78 is 0. The Balaban J connectivity index is 1.49. The van der Waals surface area contributed by atoms with Crippen LogP contribution in [0, 0.1) is 5.92 Å². The number of hydrogen-bond donors (Lipinski definition) is 1. The fourth-order valence-electron chi connectivity index (χ4n) is 4.02. The highest BCUT2D eigenvalue weighted by Crippen LogP contribution is 2.31. The van der Waals surface area contributed by atoms with E-state index in [1.807, 2.05) is 4.90 Å². The van der Waals surface area contributed by atoms with Gasteiger partial charge in [-0.15, -0.1) is 0 Å². The maximum atomic E-state index is 13.1. The van der Waals surface area contributed by atoms with Crippen LogP contribution in [0.15, 0.2) is 18.5 Å². The minimum Gasteiger partial charge on any atom is -0.325 e. The van der Waals surface area contributed by atoms with Gasteiger partial charge in [0, 0.05) is 32.4 Å². The first-order valence-corrected chi connectivity index (χ1v) is 9.22. The van der Waals surface area contributed by atoms with E-state index >= 15 is 0 Å². The molecule has 4 rings (SSSR count). The van der Waals surface area contributed by atoms with E-state index in [4.69, 9.17) is 0 Å². The van der Waals surface area contributed by atoms with E-state index < -0.39 is 0 Å². The number of aromatic nitrogens is 1. The predicted octanol–water partition coefficient (Wildman–Crippen LogP) is 1.29. The molecule has 8 heteroatoms. The van der Waals surface area contributed by atoms with Crippen molar-refractivity contribution in [3.63, 3.8) is 0 Å². The number of pyridine rings is 1. The molecular weight excluding hydrogens is 334 g/mol. The van der Waals surface area contributed by atoms with E-state index in [1.165, 1.54) is 4.90 Å². The summed E-state index contributed by atoms with van der Waals surface area (Å²) in [6.07, 6.45) is 6.81. The van der Waals surface area contributed by atoms with Crippen molar-refractivity contribution >= 4 is 29.2 Å². The van der Waals surface area contributed by atoms with Crippen molar-refractivity contribution in [1.29, 1.82) is 0 Å². The number of urea groups is 1. The van der Waals surface area contributed by atoms with E-state index in [0.29, 0.717) is 24.5 Å². The lowest BCUT2D eigenvalue weighted by molar-refractivity contribution is -0.125. The van der Waals surface area contributed by atoms with Gasteiger partial charge in [-0.2, -0.15) is 0 Å². The molecule has 0 spiro atoms. The summed E-state index contributed by atoms with van der Waals surface area (Å²) in [6.45, 7) is 2.74. The Morgan fingerprint density at radius 3 is 2.69 bits per heavy atom. The number of nitrogens with zero attached hydrogens (tertiary/aromatic N) is 4. The van der Waals surface area contributed by atoms with Crippen LogP contribution in [0.3, 0.4) is 0 Å². The smallest absolute Gasteiger partial charge is 0.320 e. The third-order valence-electron chi connectivity index (χ3n) is 5.35. The first-order valence-electron chi connectivity index (χ1n) is 9.22. The zero-order chi connectivity index (χ0) is 18.1. The Labute approximate surface area is 152 Å². The number of rotatable bonds is 1. The second-order valence-electron chi connectivity index (χ2n) is 7.13. The average molecular weight is 357 g/mol. The molecule has 8 nitrogen and oxygen atoms in total. The van der Waals surface area contributed by atoms with E-state index in [9.17, 15) is 14.4 Å². The summed E-state index contributed by atoms with van der Waals surface area (Å²) in [5.41, 5.74) is 1.23. The number of anilines is 2. The Morgan fingerprint density at radius 1 is 1.12 bits per heavy atom. The first kappa shape index (κ1) is 16.8. The Morgan fingerprint density at radius 2 is 1.88 bits per heavy atom. The Bertz CT molecular complexity index is 731. The molecule has 3 aliphatic rings. The van der Waals surface area contributed by atoms with Crippen molar-refractivity contribution in [2.75, 3.05) is 42.9 Å². The van der Waals surface area contributed by atoms with Crippen LogP contribution >= 0.6 is 0 Å². The van der Waals surface area contributed by atoms with Gasteiger partial charge in [-0.05, 0) is 31.7 Å². The first-order chi connectivity index (χ1) is 12.6. The maximum absolute atomic E-state index is 13.1. The van der Waals surface area contributed by atoms with Crippen LogP contribution in [0.1, 0.15) is 25.7 Å². The molecule has 2 saturated heterocycles. The Kier molecular flexibility index (Phi) is 4.48. The van der Waals surface area contributed by atoms with Crippen LogP contribution in [0.2, 0.25) is 0 Å². The molecule has 3 aliphatic heterocycles. The lowest BCUT2D eigenvalue weighted by Crippen LogP contribution is -2.52. The number of likely N-dealkylation sites (tertiary alicyclic amines) is 2. The quantitative estimate of drug-likeness (QED) is 0.821. The number of nitrogens with one attached hydrogen (secondary N) is 1. The van der Waals surface area contributed by atoms with Gasteiger partial charge in [0.15, 0.2) is 0 Å². The molecule has 4 amide bonds. The SMILES string of the molecule is O=C1CN(C(=O)C2CCCN(C(=O)N3CCCC3)C2)c2ccncc2N1.